The quantitative estimate of drug-likeness (QED) is 0.0156. The Balaban J connectivity index is 5.48. The zero-order valence-electron chi connectivity index (χ0n) is 46.0. The van der Waals surface area contributed by atoms with Crippen LogP contribution in [0.25, 0.3) is 0 Å². The number of phosphoric ester groups is 1. The highest BCUT2D eigenvalue weighted by Gasteiger charge is 2.30. The normalized spacial score (nSPS) is 14.4. The van der Waals surface area contributed by atoms with Crippen LogP contribution in [0.1, 0.15) is 233 Å². The number of ether oxygens (including phenoxy) is 1. The lowest BCUT2D eigenvalue weighted by molar-refractivity contribution is -0.870. The predicted octanol–water partition coefficient (Wildman–Crippen LogP) is 17.0. The second kappa shape index (κ2) is 49.8. The largest absolute Gasteiger partial charge is 0.472 e. The van der Waals surface area contributed by atoms with Gasteiger partial charge in [0.25, 0.3) is 0 Å². The lowest BCUT2D eigenvalue weighted by Gasteiger charge is -2.27. The molecule has 0 aliphatic heterocycles. The fourth-order valence-electron chi connectivity index (χ4n) is 7.63. The second-order valence-electron chi connectivity index (χ2n) is 20.1. The van der Waals surface area contributed by atoms with E-state index < -0.39 is 20.0 Å². The van der Waals surface area contributed by atoms with Crippen LogP contribution in [0.3, 0.4) is 0 Å². The van der Waals surface area contributed by atoms with Crippen LogP contribution in [0.5, 0.6) is 0 Å². The number of rotatable bonds is 50. The number of carbonyl (C=O) groups is 2. The maximum atomic E-state index is 13.5. The van der Waals surface area contributed by atoms with Crippen molar-refractivity contribution in [3.63, 3.8) is 0 Å². The molecule has 0 rings (SSSR count). The van der Waals surface area contributed by atoms with Crippen molar-refractivity contribution in [2.24, 2.45) is 0 Å². The fraction of sp³-hybridized carbons (Fsp3) is 0.733. The number of phosphoric acid groups is 1. The number of unbranched alkanes of at least 4 members (excludes halogenated alkanes) is 23. The van der Waals surface area contributed by atoms with Crippen LogP contribution >= 0.6 is 7.82 Å². The first kappa shape index (κ1) is 67.2. The van der Waals surface area contributed by atoms with Gasteiger partial charge in [0, 0.05) is 12.8 Å². The number of allylic oxidation sites excluding steroid dienone is 13. The molecule has 3 atom stereocenters. The second-order valence-corrected chi connectivity index (χ2v) is 21.6. The SMILES string of the molecule is CCCCC/C=C\C/C=C\C/C=C\C/C=C\CCCC(=O)NC(COP(=O)(O)OCC[N+](C)(C)C)C(/C=C/CCCCCCCCCCCC)OC(=O)CCCCCCCC/C=C/C=C/CCCCC. The number of amides is 1. The molecule has 0 aliphatic carbocycles. The number of hydrogen-bond acceptors (Lipinski definition) is 6. The van der Waals surface area contributed by atoms with Crippen LogP contribution < -0.4 is 5.32 Å². The van der Waals surface area contributed by atoms with Gasteiger partial charge in [0.2, 0.25) is 5.91 Å². The Morgan fingerprint density at radius 3 is 1.44 bits per heavy atom. The number of quaternary nitrogens is 1. The summed E-state index contributed by atoms with van der Waals surface area (Å²) in [6.45, 7) is 6.88. The van der Waals surface area contributed by atoms with Crippen LogP contribution in [0.15, 0.2) is 85.1 Å². The van der Waals surface area contributed by atoms with E-state index in [4.69, 9.17) is 13.8 Å². The third-order valence-electron chi connectivity index (χ3n) is 12.1. The van der Waals surface area contributed by atoms with Gasteiger partial charge >= 0.3 is 13.8 Å². The topological polar surface area (TPSA) is 111 Å². The summed E-state index contributed by atoms with van der Waals surface area (Å²) in [6, 6.07) is -0.884. The highest BCUT2D eigenvalue weighted by atomic mass is 31.2. The van der Waals surface area contributed by atoms with Crippen molar-refractivity contribution in [1.29, 1.82) is 0 Å². The van der Waals surface area contributed by atoms with E-state index in [-0.39, 0.29) is 37.9 Å². The molecule has 0 aromatic rings. The molecule has 404 valence electrons. The van der Waals surface area contributed by atoms with Crippen molar-refractivity contribution in [1.82, 2.24) is 5.32 Å². The number of nitrogens with one attached hydrogen (secondary N) is 1. The van der Waals surface area contributed by atoms with E-state index in [9.17, 15) is 19.0 Å². The molecule has 0 radical (unpaired) electrons. The van der Waals surface area contributed by atoms with Crippen molar-refractivity contribution in [2.75, 3.05) is 40.9 Å². The molecule has 2 N–H and O–H groups in total. The number of likely N-dealkylation sites (N-methyl/N-ethyl adjacent to an activating group) is 1. The molecular weight excluding hydrogens is 892 g/mol. The molecule has 0 saturated heterocycles. The highest BCUT2D eigenvalue weighted by Crippen LogP contribution is 2.43. The van der Waals surface area contributed by atoms with Crippen LogP contribution in [-0.2, 0) is 27.9 Å². The van der Waals surface area contributed by atoms with Crippen molar-refractivity contribution in [3.05, 3.63) is 85.1 Å². The monoisotopic (exact) mass is 1000 g/mol. The molecule has 9 nitrogen and oxygen atoms in total. The summed E-state index contributed by atoms with van der Waals surface area (Å²) in [5.41, 5.74) is 0. The van der Waals surface area contributed by atoms with E-state index in [1.807, 2.05) is 33.3 Å². The summed E-state index contributed by atoms with van der Waals surface area (Å²) in [7, 11) is 1.44. The Bertz CT molecular complexity index is 1480. The van der Waals surface area contributed by atoms with E-state index in [1.165, 1.54) is 103 Å². The first-order valence-corrected chi connectivity index (χ1v) is 29.9. The van der Waals surface area contributed by atoms with Crippen LogP contribution in [0.4, 0.5) is 0 Å². The summed E-state index contributed by atoms with van der Waals surface area (Å²) in [4.78, 5) is 37.5. The molecule has 0 heterocycles. The average Bonchev–Trinajstić information content (AvgIpc) is 3.32. The Morgan fingerprint density at radius 2 is 0.929 bits per heavy atom. The average molecular weight is 1000 g/mol. The minimum atomic E-state index is -4.46. The molecule has 1 amide bonds. The maximum Gasteiger partial charge on any atom is 0.472 e. The maximum absolute atomic E-state index is 13.5. The summed E-state index contributed by atoms with van der Waals surface area (Å²) >= 11 is 0. The van der Waals surface area contributed by atoms with Crippen LogP contribution in [-0.4, -0.2) is 74.3 Å². The van der Waals surface area contributed by atoms with Gasteiger partial charge in [-0.2, -0.15) is 0 Å². The first-order chi connectivity index (χ1) is 33.9. The number of carbonyl (C=O) groups excluding carboxylic acids is 2. The van der Waals surface area contributed by atoms with Crippen molar-refractivity contribution in [3.8, 4) is 0 Å². The van der Waals surface area contributed by atoms with Gasteiger partial charge in [-0.15, -0.1) is 0 Å². The van der Waals surface area contributed by atoms with Gasteiger partial charge in [-0.05, 0) is 96.0 Å². The van der Waals surface area contributed by atoms with E-state index in [1.54, 1.807) is 0 Å². The molecule has 0 aliphatic rings. The molecule has 0 saturated carbocycles. The molecular formula is C60H108N2O7P+. The molecule has 0 spiro atoms. The lowest BCUT2D eigenvalue weighted by Crippen LogP contribution is -2.47. The van der Waals surface area contributed by atoms with E-state index in [0.717, 1.165) is 83.5 Å². The number of hydrogen-bond donors (Lipinski definition) is 2. The predicted molar refractivity (Wildman–Crippen MR) is 300 cm³/mol. The van der Waals surface area contributed by atoms with Crippen molar-refractivity contribution in [2.45, 2.75) is 245 Å². The van der Waals surface area contributed by atoms with Crippen LogP contribution in [0.2, 0.25) is 0 Å². The Morgan fingerprint density at radius 1 is 0.514 bits per heavy atom. The van der Waals surface area contributed by atoms with Gasteiger partial charge in [-0.25, -0.2) is 4.57 Å². The Labute approximate surface area is 431 Å². The number of nitrogens with zero attached hydrogens (tertiary/aromatic N) is 1. The minimum Gasteiger partial charge on any atom is -0.456 e. The van der Waals surface area contributed by atoms with Gasteiger partial charge in [-0.3, -0.25) is 18.6 Å². The molecule has 10 heteroatoms. The fourth-order valence-corrected chi connectivity index (χ4v) is 8.36. The summed E-state index contributed by atoms with van der Waals surface area (Å²) in [5, 5.41) is 3.01. The zero-order valence-corrected chi connectivity index (χ0v) is 46.9. The molecule has 0 aromatic carbocycles. The summed E-state index contributed by atoms with van der Waals surface area (Å²) in [6.07, 6.45) is 64.4. The van der Waals surface area contributed by atoms with Gasteiger partial charge in [0.15, 0.2) is 0 Å². The third-order valence-corrected chi connectivity index (χ3v) is 13.1. The highest BCUT2D eigenvalue weighted by molar-refractivity contribution is 7.47. The Kier molecular flexibility index (Phi) is 47.8. The van der Waals surface area contributed by atoms with Crippen molar-refractivity contribution < 1.29 is 37.3 Å². The molecule has 0 aromatic heterocycles. The molecule has 0 bridgehead atoms. The lowest BCUT2D eigenvalue weighted by atomic mass is 10.1. The third kappa shape index (κ3) is 50.1. The van der Waals surface area contributed by atoms with E-state index in [0.29, 0.717) is 23.9 Å². The smallest absolute Gasteiger partial charge is 0.456 e. The standard InChI is InChI=1S/C60H107N2O7P/c1-7-10-13-16-19-22-25-28-30-31-33-34-37-40-43-46-49-52-59(63)61-57(56-68-70(65,66)67-55-54-62(4,5)6)58(51-48-45-42-39-36-27-24-21-18-15-12-9-3)69-60(64)53-50-47-44-41-38-35-32-29-26-23-20-17-14-11-8-2/h19-20,22-23,26,28-30,33-34,40,43,48,51,57-58H,7-18,21,24-25,27,31-32,35-39,41-42,44-47,49-50,52-56H2,1-6H3,(H-,61,63,65,66)/p+1/b22-19-,23-20+,29-26+,30-28-,34-33-,43-40-,51-48+. The minimum absolute atomic E-state index is 0.0247. The molecule has 3 unspecified atom stereocenters. The Hall–Kier alpha value is -2.81. The van der Waals surface area contributed by atoms with Gasteiger partial charge < -0.3 is 19.4 Å². The first-order valence-electron chi connectivity index (χ1n) is 28.4. The number of esters is 1. The summed E-state index contributed by atoms with van der Waals surface area (Å²) in [5.74, 6) is -0.589. The van der Waals surface area contributed by atoms with E-state index in [2.05, 4.69) is 99.0 Å². The van der Waals surface area contributed by atoms with E-state index >= 15 is 0 Å². The van der Waals surface area contributed by atoms with Gasteiger partial charge in [-0.1, -0.05) is 209 Å². The van der Waals surface area contributed by atoms with Gasteiger partial charge in [0.1, 0.15) is 19.3 Å². The molecule has 70 heavy (non-hydrogen) atoms. The molecule has 0 fully saturated rings. The zero-order chi connectivity index (χ0) is 51.5. The summed E-state index contributed by atoms with van der Waals surface area (Å²) < 4.78 is 30.5. The van der Waals surface area contributed by atoms with Crippen LogP contribution in [0, 0.1) is 0 Å². The van der Waals surface area contributed by atoms with Gasteiger partial charge in [0.05, 0.1) is 33.8 Å². The van der Waals surface area contributed by atoms with Crippen molar-refractivity contribution >= 4 is 19.7 Å².